The van der Waals surface area contributed by atoms with E-state index in [1.54, 1.807) is 25.1 Å². The molecule has 0 aliphatic carbocycles. The minimum atomic E-state index is -2.97. The predicted molar refractivity (Wildman–Crippen MR) is 110 cm³/mol. The Bertz CT molecular complexity index is 997. The molecular formula is C22H21F2NO3S. The van der Waals surface area contributed by atoms with Gasteiger partial charge in [0, 0.05) is 5.56 Å². The van der Waals surface area contributed by atoms with Crippen LogP contribution in [0.25, 0.3) is 0 Å². The van der Waals surface area contributed by atoms with E-state index in [4.69, 9.17) is 4.74 Å². The highest BCUT2D eigenvalue weighted by atomic mass is 32.1. The van der Waals surface area contributed by atoms with Gasteiger partial charge in [0.1, 0.15) is 18.1 Å². The van der Waals surface area contributed by atoms with Crippen molar-refractivity contribution in [2.45, 2.75) is 34.0 Å². The van der Waals surface area contributed by atoms with Crippen molar-refractivity contribution < 1.29 is 23.0 Å². The summed E-state index contributed by atoms with van der Waals surface area (Å²) in [5.74, 6) is 0.373. The highest BCUT2D eigenvalue weighted by Gasteiger charge is 2.15. The molecule has 0 fully saturated rings. The number of thiophene rings is 1. The van der Waals surface area contributed by atoms with E-state index in [0.29, 0.717) is 11.5 Å². The number of para-hydroxylation sites is 1. The lowest BCUT2D eigenvalue weighted by molar-refractivity contribution is -0.0494. The molecule has 1 N–H and O–H groups in total. The van der Waals surface area contributed by atoms with E-state index < -0.39 is 12.5 Å². The fourth-order valence-electron chi connectivity index (χ4n) is 2.86. The van der Waals surface area contributed by atoms with Crippen LogP contribution in [0, 0.1) is 20.8 Å². The lowest BCUT2D eigenvalue weighted by Crippen LogP contribution is -2.13. The van der Waals surface area contributed by atoms with Crippen molar-refractivity contribution in [3.05, 3.63) is 75.0 Å². The molecule has 0 saturated carbocycles. The van der Waals surface area contributed by atoms with Crippen LogP contribution in [0.1, 0.15) is 31.9 Å². The summed E-state index contributed by atoms with van der Waals surface area (Å²) in [7, 11) is 0. The van der Waals surface area contributed by atoms with Crippen LogP contribution >= 0.6 is 11.3 Å². The molecule has 2 aromatic carbocycles. The smallest absolute Gasteiger partial charge is 0.387 e. The van der Waals surface area contributed by atoms with Gasteiger partial charge >= 0.3 is 6.61 Å². The van der Waals surface area contributed by atoms with Gasteiger partial charge in [-0.2, -0.15) is 8.78 Å². The van der Waals surface area contributed by atoms with Crippen molar-refractivity contribution in [1.29, 1.82) is 0 Å². The number of alkyl halides is 2. The maximum Gasteiger partial charge on any atom is 0.387 e. The molecule has 0 atom stereocenters. The Labute approximate surface area is 172 Å². The van der Waals surface area contributed by atoms with Gasteiger partial charge in [0.05, 0.1) is 10.6 Å². The van der Waals surface area contributed by atoms with Crippen LogP contribution in [-0.4, -0.2) is 12.5 Å². The molecule has 1 heterocycles. The Morgan fingerprint density at radius 1 is 1.10 bits per heavy atom. The van der Waals surface area contributed by atoms with Gasteiger partial charge in [-0.1, -0.05) is 24.3 Å². The molecule has 0 spiro atoms. The maximum atomic E-state index is 12.6. The fourth-order valence-corrected chi connectivity index (χ4v) is 3.65. The molecule has 4 nitrogen and oxygen atoms in total. The maximum absolute atomic E-state index is 12.6. The van der Waals surface area contributed by atoms with Crippen LogP contribution in [0.4, 0.5) is 14.5 Å². The number of anilines is 1. The van der Waals surface area contributed by atoms with E-state index in [9.17, 15) is 13.6 Å². The van der Waals surface area contributed by atoms with Crippen LogP contribution in [0.2, 0.25) is 0 Å². The van der Waals surface area contributed by atoms with Crippen molar-refractivity contribution in [2.75, 3.05) is 5.32 Å². The molecule has 0 saturated heterocycles. The van der Waals surface area contributed by atoms with E-state index in [-0.39, 0.29) is 11.4 Å². The van der Waals surface area contributed by atoms with Gasteiger partial charge in [-0.25, -0.2) is 0 Å². The third-order valence-corrected chi connectivity index (χ3v) is 5.25. The Kier molecular flexibility index (Phi) is 6.49. The van der Waals surface area contributed by atoms with Crippen LogP contribution in [0.3, 0.4) is 0 Å². The monoisotopic (exact) mass is 417 g/mol. The lowest BCUT2D eigenvalue weighted by atomic mass is 10.1. The predicted octanol–water partition coefficient (Wildman–Crippen LogP) is 6.11. The Balaban J connectivity index is 1.68. The summed E-state index contributed by atoms with van der Waals surface area (Å²) in [6.07, 6.45) is 0. The summed E-state index contributed by atoms with van der Waals surface area (Å²) in [6.45, 7) is 3.08. The Hall–Kier alpha value is -2.93. The van der Waals surface area contributed by atoms with Crippen LogP contribution < -0.4 is 14.8 Å². The van der Waals surface area contributed by atoms with E-state index in [0.717, 1.165) is 28.0 Å². The SMILES string of the molecule is Cc1ccc(NC(=O)c2cc(COc3c(C)cccc3C)cs2)c(OC(F)F)c1. The van der Waals surface area contributed by atoms with Gasteiger partial charge in [-0.05, 0) is 61.0 Å². The minimum absolute atomic E-state index is 0.0662. The Morgan fingerprint density at radius 2 is 1.83 bits per heavy atom. The number of aryl methyl sites for hydroxylation is 3. The van der Waals surface area contributed by atoms with E-state index in [1.165, 1.54) is 17.4 Å². The van der Waals surface area contributed by atoms with Gasteiger partial charge in [0.25, 0.3) is 5.91 Å². The average molecular weight is 417 g/mol. The highest BCUT2D eigenvalue weighted by molar-refractivity contribution is 7.12. The first kappa shape index (κ1) is 20.8. The number of nitrogens with one attached hydrogen (secondary N) is 1. The van der Waals surface area contributed by atoms with Crippen molar-refractivity contribution in [3.63, 3.8) is 0 Å². The van der Waals surface area contributed by atoms with Crippen molar-refractivity contribution in [2.24, 2.45) is 0 Å². The molecule has 1 aromatic heterocycles. The van der Waals surface area contributed by atoms with E-state index in [2.05, 4.69) is 10.1 Å². The number of rotatable bonds is 7. The first-order chi connectivity index (χ1) is 13.8. The second-order valence-corrected chi connectivity index (χ2v) is 7.57. The Morgan fingerprint density at radius 3 is 2.52 bits per heavy atom. The largest absolute Gasteiger partial charge is 0.488 e. The summed E-state index contributed by atoms with van der Waals surface area (Å²) in [5.41, 5.74) is 3.90. The molecule has 0 aliphatic rings. The van der Waals surface area contributed by atoms with Gasteiger partial charge in [-0.15, -0.1) is 11.3 Å². The van der Waals surface area contributed by atoms with Crippen molar-refractivity contribution in [1.82, 2.24) is 0 Å². The summed E-state index contributed by atoms with van der Waals surface area (Å²) < 4.78 is 35.7. The number of hydrogen-bond donors (Lipinski definition) is 1. The van der Waals surface area contributed by atoms with Crippen LogP contribution in [0.15, 0.2) is 47.8 Å². The molecule has 1 amide bonds. The quantitative estimate of drug-likeness (QED) is 0.505. The number of halogens is 2. The first-order valence-electron chi connectivity index (χ1n) is 8.96. The summed E-state index contributed by atoms with van der Waals surface area (Å²) in [4.78, 5) is 13.0. The molecule has 0 bridgehead atoms. The third kappa shape index (κ3) is 5.32. The van der Waals surface area contributed by atoms with Crippen molar-refractivity contribution in [3.8, 4) is 11.5 Å². The molecule has 3 aromatic rings. The molecule has 0 unspecified atom stereocenters. The minimum Gasteiger partial charge on any atom is -0.488 e. The number of amides is 1. The summed E-state index contributed by atoms with van der Waals surface area (Å²) in [5, 5.41) is 4.48. The van der Waals surface area contributed by atoms with Gasteiger partial charge < -0.3 is 14.8 Å². The number of carbonyl (C=O) groups is 1. The van der Waals surface area contributed by atoms with Crippen LogP contribution in [-0.2, 0) is 6.61 Å². The zero-order valence-corrected chi connectivity index (χ0v) is 17.1. The van der Waals surface area contributed by atoms with Crippen LogP contribution in [0.5, 0.6) is 11.5 Å². The van der Waals surface area contributed by atoms with Gasteiger partial charge in [0.15, 0.2) is 0 Å². The first-order valence-corrected chi connectivity index (χ1v) is 9.84. The molecule has 152 valence electrons. The zero-order chi connectivity index (χ0) is 21.0. The molecular weight excluding hydrogens is 396 g/mol. The second kappa shape index (κ2) is 9.05. The van der Waals surface area contributed by atoms with E-state index in [1.807, 2.05) is 37.4 Å². The number of carbonyl (C=O) groups excluding carboxylic acids is 1. The highest BCUT2D eigenvalue weighted by Crippen LogP contribution is 2.29. The summed E-state index contributed by atoms with van der Waals surface area (Å²) >= 11 is 1.26. The molecule has 3 rings (SSSR count). The van der Waals surface area contributed by atoms with Gasteiger partial charge in [-0.3, -0.25) is 4.79 Å². The van der Waals surface area contributed by atoms with E-state index >= 15 is 0 Å². The number of hydrogen-bond acceptors (Lipinski definition) is 4. The average Bonchev–Trinajstić information content (AvgIpc) is 3.12. The fraction of sp³-hybridized carbons (Fsp3) is 0.227. The topological polar surface area (TPSA) is 47.6 Å². The third-order valence-electron chi connectivity index (χ3n) is 4.27. The molecule has 7 heteroatoms. The lowest BCUT2D eigenvalue weighted by Gasteiger charge is -2.12. The second-order valence-electron chi connectivity index (χ2n) is 6.66. The number of benzene rings is 2. The number of ether oxygens (including phenoxy) is 2. The zero-order valence-electron chi connectivity index (χ0n) is 16.3. The van der Waals surface area contributed by atoms with Gasteiger partial charge in [0.2, 0.25) is 0 Å². The normalized spacial score (nSPS) is 10.8. The molecule has 0 radical (unpaired) electrons. The standard InChI is InChI=1S/C22H21F2NO3S/c1-13-7-8-17(18(9-13)28-22(23)24)25-21(26)19-10-16(12-29-19)11-27-20-14(2)5-4-6-15(20)3/h4-10,12,22H,11H2,1-3H3,(H,25,26). The molecule has 0 aliphatic heterocycles. The molecule has 29 heavy (non-hydrogen) atoms. The van der Waals surface area contributed by atoms with Crippen molar-refractivity contribution >= 4 is 22.9 Å². The summed E-state index contributed by atoms with van der Waals surface area (Å²) in [6, 6.07) is 12.4.